The summed E-state index contributed by atoms with van der Waals surface area (Å²) in [4.78, 5) is 23.0. The van der Waals surface area contributed by atoms with Gasteiger partial charge in [0.25, 0.3) is 0 Å². The van der Waals surface area contributed by atoms with Crippen molar-refractivity contribution in [2.24, 2.45) is 0 Å². The van der Waals surface area contributed by atoms with E-state index in [9.17, 15) is 9.59 Å². The normalized spacial score (nSPS) is 13.1. The van der Waals surface area contributed by atoms with E-state index in [-0.39, 0.29) is 0 Å². The van der Waals surface area contributed by atoms with Gasteiger partial charge in [-0.2, -0.15) is 0 Å². The Morgan fingerprint density at radius 3 is 2.14 bits per heavy atom. The third-order valence-electron chi connectivity index (χ3n) is 3.40. The Labute approximate surface area is 134 Å². The zero-order valence-corrected chi connectivity index (χ0v) is 14.4. The average Bonchev–Trinajstić information content (AvgIpc) is 2.45. The van der Waals surface area contributed by atoms with Crippen molar-refractivity contribution in [3.8, 4) is 0 Å². The van der Waals surface area contributed by atoms with Crippen LogP contribution in [0.25, 0.3) is 0 Å². The van der Waals surface area contributed by atoms with Gasteiger partial charge in [0.2, 0.25) is 0 Å². The minimum absolute atomic E-state index is 0.326. The molecule has 0 aliphatic carbocycles. The Balaban J connectivity index is 3.77. The first-order chi connectivity index (χ1) is 10.4. The number of unbranched alkanes of at least 4 members (excludes halogenated alkanes) is 5. The minimum atomic E-state index is -0.510. The van der Waals surface area contributed by atoms with Gasteiger partial charge in [-0.25, -0.2) is 9.59 Å². The molecule has 0 aromatic carbocycles. The Hall–Kier alpha value is -1.52. The number of ether oxygens (including phenoxy) is 2. The summed E-state index contributed by atoms with van der Waals surface area (Å²) < 4.78 is 10.3. The molecule has 0 radical (unpaired) electrons. The summed E-state index contributed by atoms with van der Waals surface area (Å²) >= 11 is 0. The molecule has 0 saturated carbocycles. The van der Waals surface area contributed by atoms with Gasteiger partial charge < -0.3 is 14.8 Å². The molecule has 2 unspecified atom stereocenters. The van der Waals surface area contributed by atoms with Gasteiger partial charge in [0.1, 0.15) is 12.2 Å². The van der Waals surface area contributed by atoms with E-state index < -0.39 is 24.3 Å². The molecule has 128 valence electrons. The van der Waals surface area contributed by atoms with Crippen molar-refractivity contribution in [1.29, 1.82) is 0 Å². The molecule has 0 heterocycles. The lowest BCUT2D eigenvalue weighted by molar-refractivity contribution is -0.148. The van der Waals surface area contributed by atoms with Crippen molar-refractivity contribution in [1.82, 2.24) is 5.32 Å². The van der Waals surface area contributed by atoms with Gasteiger partial charge in [-0.15, -0.1) is 0 Å². The van der Waals surface area contributed by atoms with Gasteiger partial charge in [0, 0.05) is 12.1 Å². The maximum absolute atomic E-state index is 11.6. The smallest absolute Gasteiger partial charge is 0.407 e. The lowest BCUT2D eigenvalue weighted by atomic mass is 10.1. The van der Waals surface area contributed by atoms with Gasteiger partial charge >= 0.3 is 12.1 Å². The van der Waals surface area contributed by atoms with Gasteiger partial charge in [0.15, 0.2) is 0 Å². The number of hydrogen-bond acceptors (Lipinski definition) is 4. The fourth-order valence-electron chi connectivity index (χ4n) is 1.77. The molecule has 0 bridgehead atoms. The molecular formula is C17H31NO4. The molecule has 0 aromatic heterocycles. The number of amides is 1. The first-order valence-electron chi connectivity index (χ1n) is 8.19. The Kier molecular flexibility index (Phi) is 11.2. The Bertz CT molecular complexity index is 355. The van der Waals surface area contributed by atoms with Crippen LogP contribution in [-0.4, -0.2) is 30.8 Å². The van der Waals surface area contributed by atoms with Gasteiger partial charge in [-0.1, -0.05) is 45.6 Å². The maximum Gasteiger partial charge on any atom is 0.407 e. The highest BCUT2D eigenvalue weighted by molar-refractivity contribution is 5.87. The Morgan fingerprint density at radius 2 is 1.55 bits per heavy atom. The van der Waals surface area contributed by atoms with Crippen LogP contribution in [-0.2, 0) is 14.3 Å². The number of carbonyl (C=O) groups is 2. The van der Waals surface area contributed by atoms with Crippen molar-refractivity contribution in [2.75, 3.05) is 6.54 Å². The first-order valence-corrected chi connectivity index (χ1v) is 8.19. The van der Waals surface area contributed by atoms with Crippen LogP contribution in [0.5, 0.6) is 0 Å². The summed E-state index contributed by atoms with van der Waals surface area (Å²) in [6.45, 7) is 11.3. The molecular weight excluding hydrogens is 282 g/mol. The van der Waals surface area contributed by atoms with Crippen LogP contribution in [0.1, 0.15) is 66.2 Å². The largest absolute Gasteiger partial charge is 0.455 e. The third kappa shape index (κ3) is 10.2. The van der Waals surface area contributed by atoms with Crippen LogP contribution < -0.4 is 5.32 Å². The summed E-state index contributed by atoms with van der Waals surface area (Å²) in [5.41, 5.74) is 0.326. The van der Waals surface area contributed by atoms with E-state index in [2.05, 4.69) is 18.8 Å². The van der Waals surface area contributed by atoms with Gasteiger partial charge in [-0.05, 0) is 27.2 Å². The third-order valence-corrected chi connectivity index (χ3v) is 3.40. The SMILES string of the molecule is C=C(C)C(=O)OC(C)C(C)OC(=O)NCCCCCCCC. The summed E-state index contributed by atoms with van der Waals surface area (Å²) in [5.74, 6) is -0.476. The fourth-order valence-corrected chi connectivity index (χ4v) is 1.77. The van der Waals surface area contributed by atoms with E-state index in [1.54, 1.807) is 20.8 Å². The molecule has 1 N–H and O–H groups in total. The number of carbonyl (C=O) groups excluding carboxylic acids is 2. The Morgan fingerprint density at radius 1 is 1.00 bits per heavy atom. The summed E-state index contributed by atoms with van der Waals surface area (Å²) in [5, 5.41) is 2.72. The quantitative estimate of drug-likeness (QED) is 0.356. The van der Waals surface area contributed by atoms with E-state index in [4.69, 9.17) is 9.47 Å². The maximum atomic E-state index is 11.6. The topological polar surface area (TPSA) is 64.6 Å². The zero-order valence-electron chi connectivity index (χ0n) is 14.4. The van der Waals surface area contributed by atoms with Crippen LogP contribution in [0.15, 0.2) is 12.2 Å². The highest BCUT2D eigenvalue weighted by Crippen LogP contribution is 2.07. The molecule has 0 spiro atoms. The van der Waals surface area contributed by atoms with E-state index in [1.807, 2.05) is 0 Å². The molecule has 0 aliphatic heterocycles. The van der Waals surface area contributed by atoms with Crippen LogP contribution in [0.2, 0.25) is 0 Å². The number of nitrogens with one attached hydrogen (secondary N) is 1. The van der Waals surface area contributed by atoms with Crippen molar-refractivity contribution >= 4 is 12.1 Å². The standard InChI is InChI=1S/C17H31NO4/c1-6-7-8-9-10-11-12-18-17(20)22-15(5)14(4)21-16(19)13(2)3/h14-15H,2,6-12H2,1,3-5H3,(H,18,20). The second-order valence-electron chi connectivity index (χ2n) is 5.70. The summed E-state index contributed by atoms with van der Waals surface area (Å²) in [6.07, 6.45) is 5.54. The molecule has 22 heavy (non-hydrogen) atoms. The van der Waals surface area contributed by atoms with Crippen LogP contribution >= 0.6 is 0 Å². The molecule has 0 aliphatic rings. The van der Waals surface area contributed by atoms with Gasteiger partial charge in [-0.3, -0.25) is 0 Å². The molecule has 0 fully saturated rings. The predicted molar refractivity (Wildman–Crippen MR) is 87.7 cm³/mol. The molecule has 1 amide bonds. The monoisotopic (exact) mass is 313 g/mol. The minimum Gasteiger partial charge on any atom is -0.455 e. The van der Waals surface area contributed by atoms with Crippen LogP contribution in [0.3, 0.4) is 0 Å². The van der Waals surface area contributed by atoms with Crippen molar-refractivity contribution in [3.05, 3.63) is 12.2 Å². The highest BCUT2D eigenvalue weighted by Gasteiger charge is 2.20. The second kappa shape index (κ2) is 12.1. The summed E-state index contributed by atoms with van der Waals surface area (Å²) in [6, 6.07) is 0. The van der Waals surface area contributed by atoms with Crippen molar-refractivity contribution in [2.45, 2.75) is 78.4 Å². The number of esters is 1. The number of rotatable bonds is 11. The molecule has 2 atom stereocenters. The highest BCUT2D eigenvalue weighted by atomic mass is 16.6. The van der Waals surface area contributed by atoms with E-state index in [1.165, 1.54) is 25.7 Å². The molecule has 0 saturated heterocycles. The number of hydrogen-bond donors (Lipinski definition) is 1. The lowest BCUT2D eigenvalue weighted by Gasteiger charge is -2.21. The van der Waals surface area contributed by atoms with Crippen molar-refractivity contribution < 1.29 is 19.1 Å². The molecule has 0 rings (SSSR count). The van der Waals surface area contributed by atoms with E-state index in [0.717, 1.165) is 12.8 Å². The lowest BCUT2D eigenvalue weighted by Crippen LogP contribution is -2.35. The van der Waals surface area contributed by atoms with E-state index >= 15 is 0 Å². The molecule has 0 aromatic rings. The average molecular weight is 313 g/mol. The predicted octanol–water partition coefficient (Wildman–Crippen LogP) is 3.97. The van der Waals surface area contributed by atoms with E-state index in [0.29, 0.717) is 12.1 Å². The van der Waals surface area contributed by atoms with Crippen molar-refractivity contribution in [3.63, 3.8) is 0 Å². The van der Waals surface area contributed by atoms with Crippen LogP contribution in [0, 0.1) is 0 Å². The second-order valence-corrected chi connectivity index (χ2v) is 5.70. The van der Waals surface area contributed by atoms with Gasteiger partial charge in [0.05, 0.1) is 0 Å². The molecule has 5 nitrogen and oxygen atoms in total. The first kappa shape index (κ1) is 20.5. The number of alkyl carbamates (subject to hydrolysis) is 1. The summed E-state index contributed by atoms with van der Waals surface area (Å²) in [7, 11) is 0. The zero-order chi connectivity index (χ0) is 17.0. The van der Waals surface area contributed by atoms with Crippen LogP contribution in [0.4, 0.5) is 4.79 Å². The molecule has 5 heteroatoms. The fraction of sp³-hybridized carbons (Fsp3) is 0.765.